The summed E-state index contributed by atoms with van der Waals surface area (Å²) in [5.74, 6) is -0.423. The van der Waals surface area contributed by atoms with E-state index in [1.54, 1.807) is 19.1 Å². The number of hydrogen-bond donors (Lipinski definition) is 4. The zero-order valence-electron chi connectivity index (χ0n) is 11.4. The summed E-state index contributed by atoms with van der Waals surface area (Å²) in [5.41, 5.74) is 1.03. The molecule has 0 aliphatic heterocycles. The number of carboxylic acids is 1. The topological polar surface area (TPSA) is 120 Å². The van der Waals surface area contributed by atoms with Gasteiger partial charge in [-0.25, -0.2) is 14.6 Å². The van der Waals surface area contributed by atoms with Gasteiger partial charge in [-0.15, -0.1) is 0 Å². The van der Waals surface area contributed by atoms with Crippen molar-refractivity contribution in [1.82, 2.24) is 20.5 Å². The predicted octanol–water partition coefficient (Wildman–Crippen LogP) is 1.18. The zero-order valence-corrected chi connectivity index (χ0v) is 11.4. The Morgan fingerprint density at radius 2 is 2.19 bits per heavy atom. The van der Waals surface area contributed by atoms with Gasteiger partial charge >= 0.3 is 12.0 Å². The number of aromatic carboxylic acids is 1. The zero-order chi connectivity index (χ0) is 15.2. The Bertz CT molecular complexity index is 639. The molecule has 4 N–H and O–H groups in total. The summed E-state index contributed by atoms with van der Waals surface area (Å²) >= 11 is 0. The molecular formula is C13H15N5O3. The number of amides is 2. The lowest BCUT2D eigenvalue weighted by atomic mass is 10.1. The summed E-state index contributed by atoms with van der Waals surface area (Å²) < 4.78 is 0. The van der Waals surface area contributed by atoms with E-state index in [1.807, 2.05) is 0 Å². The minimum Gasteiger partial charge on any atom is -0.478 e. The van der Waals surface area contributed by atoms with Crippen LogP contribution in [-0.2, 0) is 6.42 Å². The van der Waals surface area contributed by atoms with Crippen LogP contribution in [0.5, 0.6) is 0 Å². The summed E-state index contributed by atoms with van der Waals surface area (Å²) in [6, 6.07) is 4.34. The third kappa shape index (κ3) is 3.78. The van der Waals surface area contributed by atoms with Crippen molar-refractivity contribution >= 4 is 17.7 Å². The second-order valence-corrected chi connectivity index (χ2v) is 4.37. The van der Waals surface area contributed by atoms with E-state index in [9.17, 15) is 9.59 Å². The summed E-state index contributed by atoms with van der Waals surface area (Å²) in [6.45, 7) is 2.09. The molecular weight excluding hydrogens is 274 g/mol. The Labute approximate surface area is 120 Å². The summed E-state index contributed by atoms with van der Waals surface area (Å²) in [4.78, 5) is 26.9. The lowest BCUT2D eigenvalue weighted by Crippen LogP contribution is -2.31. The van der Waals surface area contributed by atoms with Crippen LogP contribution in [0.3, 0.4) is 0 Å². The van der Waals surface area contributed by atoms with Crippen molar-refractivity contribution in [2.24, 2.45) is 0 Å². The molecule has 0 unspecified atom stereocenters. The first-order valence-electron chi connectivity index (χ1n) is 6.30. The molecule has 1 aromatic heterocycles. The molecule has 1 heterocycles. The van der Waals surface area contributed by atoms with Gasteiger partial charge in [0.1, 0.15) is 12.2 Å². The highest BCUT2D eigenvalue weighted by Crippen LogP contribution is 2.20. The van der Waals surface area contributed by atoms with Crippen LogP contribution in [0.1, 0.15) is 21.7 Å². The number of anilines is 1. The number of urea groups is 1. The van der Waals surface area contributed by atoms with Crippen LogP contribution in [0.4, 0.5) is 10.5 Å². The van der Waals surface area contributed by atoms with Crippen LogP contribution in [0, 0.1) is 6.92 Å². The lowest BCUT2D eigenvalue weighted by molar-refractivity contribution is 0.0698. The molecule has 0 saturated heterocycles. The Kier molecular flexibility index (Phi) is 4.50. The fraction of sp³-hybridized carbons (Fsp3) is 0.231. The van der Waals surface area contributed by atoms with Gasteiger partial charge in [0.25, 0.3) is 0 Å². The van der Waals surface area contributed by atoms with Crippen molar-refractivity contribution in [2.75, 3.05) is 11.9 Å². The van der Waals surface area contributed by atoms with Crippen LogP contribution in [0.15, 0.2) is 24.5 Å². The molecule has 0 saturated carbocycles. The molecule has 8 nitrogen and oxygen atoms in total. The maximum absolute atomic E-state index is 11.8. The van der Waals surface area contributed by atoms with Gasteiger partial charge in [-0.3, -0.25) is 5.10 Å². The largest absolute Gasteiger partial charge is 0.478 e. The highest BCUT2D eigenvalue weighted by molar-refractivity contribution is 6.00. The molecule has 1 aromatic carbocycles. The fourth-order valence-electron chi connectivity index (χ4n) is 1.82. The van der Waals surface area contributed by atoms with Crippen molar-refractivity contribution < 1.29 is 14.7 Å². The third-order valence-corrected chi connectivity index (χ3v) is 2.85. The van der Waals surface area contributed by atoms with Crippen LogP contribution >= 0.6 is 0 Å². The monoisotopic (exact) mass is 289 g/mol. The molecule has 0 fully saturated rings. The third-order valence-electron chi connectivity index (χ3n) is 2.85. The maximum atomic E-state index is 11.8. The van der Waals surface area contributed by atoms with Crippen LogP contribution in [-0.4, -0.2) is 38.8 Å². The summed E-state index contributed by atoms with van der Waals surface area (Å²) in [5, 5.41) is 20.7. The first-order valence-corrected chi connectivity index (χ1v) is 6.30. The molecule has 0 bridgehead atoms. The molecule has 2 rings (SSSR count). The first-order chi connectivity index (χ1) is 10.1. The number of rotatable bonds is 5. The second kappa shape index (κ2) is 6.51. The molecule has 0 radical (unpaired) electrons. The van der Waals surface area contributed by atoms with Crippen LogP contribution in [0.25, 0.3) is 0 Å². The molecule has 0 aliphatic rings. The summed E-state index contributed by atoms with van der Waals surface area (Å²) in [6.07, 6.45) is 1.90. The van der Waals surface area contributed by atoms with Crippen LogP contribution < -0.4 is 10.6 Å². The molecule has 0 aliphatic carbocycles. The number of aryl methyl sites for hydroxylation is 1. The predicted molar refractivity (Wildman–Crippen MR) is 75.2 cm³/mol. The fourth-order valence-corrected chi connectivity index (χ4v) is 1.82. The van der Waals surface area contributed by atoms with E-state index < -0.39 is 12.0 Å². The molecule has 0 spiro atoms. The number of nitrogens with zero attached hydrogens (tertiary/aromatic N) is 2. The highest BCUT2D eigenvalue weighted by atomic mass is 16.4. The SMILES string of the molecule is Cc1cccc(C(=O)O)c1NC(=O)NCCc1ncn[nH]1. The van der Waals surface area contributed by atoms with E-state index >= 15 is 0 Å². The first kappa shape index (κ1) is 14.5. The molecule has 8 heteroatoms. The van der Waals surface area contributed by atoms with E-state index in [4.69, 9.17) is 5.11 Å². The van der Waals surface area contributed by atoms with Crippen molar-refractivity contribution in [2.45, 2.75) is 13.3 Å². The number of carbonyl (C=O) groups is 2. The van der Waals surface area contributed by atoms with Crippen molar-refractivity contribution in [3.05, 3.63) is 41.5 Å². The number of aromatic amines is 1. The van der Waals surface area contributed by atoms with Gasteiger partial charge in [-0.05, 0) is 18.6 Å². The van der Waals surface area contributed by atoms with Crippen LogP contribution in [0.2, 0.25) is 0 Å². The van der Waals surface area contributed by atoms with E-state index in [1.165, 1.54) is 12.4 Å². The number of benzene rings is 1. The Balaban J connectivity index is 1.95. The van der Waals surface area contributed by atoms with Gasteiger partial charge in [0.05, 0.1) is 11.3 Å². The minimum absolute atomic E-state index is 0.0559. The van der Waals surface area contributed by atoms with E-state index in [0.717, 1.165) is 0 Å². The smallest absolute Gasteiger partial charge is 0.337 e. The van der Waals surface area contributed by atoms with Gasteiger partial charge in [0.15, 0.2) is 0 Å². The second-order valence-electron chi connectivity index (χ2n) is 4.37. The number of carboxylic acid groups (broad SMARTS) is 1. The Morgan fingerprint density at radius 3 is 2.86 bits per heavy atom. The number of para-hydroxylation sites is 1. The number of carbonyl (C=O) groups excluding carboxylic acids is 1. The van der Waals surface area contributed by atoms with Gasteiger partial charge in [-0.2, -0.15) is 5.10 Å². The minimum atomic E-state index is -1.09. The van der Waals surface area contributed by atoms with Gasteiger partial charge in [0, 0.05) is 13.0 Å². The number of hydrogen-bond acceptors (Lipinski definition) is 4. The quantitative estimate of drug-likeness (QED) is 0.658. The van der Waals surface area contributed by atoms with Gasteiger partial charge in [-0.1, -0.05) is 12.1 Å². The van der Waals surface area contributed by atoms with E-state index in [0.29, 0.717) is 30.0 Å². The lowest BCUT2D eigenvalue weighted by Gasteiger charge is -2.12. The molecule has 110 valence electrons. The van der Waals surface area contributed by atoms with Crippen molar-refractivity contribution in [3.63, 3.8) is 0 Å². The molecule has 0 atom stereocenters. The number of H-pyrrole nitrogens is 1. The van der Waals surface area contributed by atoms with Crippen molar-refractivity contribution in [3.8, 4) is 0 Å². The standard InChI is InChI=1S/C13H15N5O3/c1-8-3-2-4-9(12(19)20)11(8)17-13(21)14-6-5-10-15-7-16-18-10/h2-4,7H,5-6H2,1H3,(H,19,20)(H2,14,17,21)(H,15,16,18). The van der Waals surface area contributed by atoms with E-state index in [-0.39, 0.29) is 5.56 Å². The van der Waals surface area contributed by atoms with E-state index in [2.05, 4.69) is 25.8 Å². The average molecular weight is 289 g/mol. The molecule has 2 amide bonds. The molecule has 2 aromatic rings. The highest BCUT2D eigenvalue weighted by Gasteiger charge is 2.14. The summed E-state index contributed by atoms with van der Waals surface area (Å²) in [7, 11) is 0. The normalized spacial score (nSPS) is 10.1. The Morgan fingerprint density at radius 1 is 1.38 bits per heavy atom. The molecule has 21 heavy (non-hydrogen) atoms. The number of aromatic nitrogens is 3. The average Bonchev–Trinajstić information content (AvgIpc) is 2.94. The maximum Gasteiger partial charge on any atom is 0.337 e. The van der Waals surface area contributed by atoms with Crippen molar-refractivity contribution in [1.29, 1.82) is 0 Å². The van der Waals surface area contributed by atoms with Gasteiger partial charge < -0.3 is 15.7 Å². The Hall–Kier alpha value is -2.90. The van der Waals surface area contributed by atoms with Gasteiger partial charge in [0.2, 0.25) is 0 Å². The number of nitrogens with one attached hydrogen (secondary N) is 3.